The first kappa shape index (κ1) is 10.9. The molecule has 2 rings (SSSR count). The maximum atomic E-state index is 12.2. The summed E-state index contributed by atoms with van der Waals surface area (Å²) in [5, 5.41) is 2.97. The number of H-pyrrole nitrogens is 1. The molecular formula is C11H16N4O. The van der Waals surface area contributed by atoms with E-state index in [9.17, 15) is 4.79 Å². The molecule has 16 heavy (non-hydrogen) atoms. The highest BCUT2D eigenvalue weighted by Crippen LogP contribution is 2.13. The Labute approximate surface area is 93.5 Å². The lowest BCUT2D eigenvalue weighted by Gasteiger charge is -2.06. The summed E-state index contributed by atoms with van der Waals surface area (Å²) < 4.78 is 1.43. The Morgan fingerprint density at radius 1 is 1.38 bits per heavy atom. The van der Waals surface area contributed by atoms with Crippen molar-refractivity contribution in [3.8, 4) is 0 Å². The maximum absolute atomic E-state index is 12.2. The van der Waals surface area contributed by atoms with Crippen molar-refractivity contribution < 1.29 is 0 Å². The number of hydrogen-bond acceptors (Lipinski definition) is 3. The summed E-state index contributed by atoms with van der Waals surface area (Å²) in [4.78, 5) is 20.8. The second kappa shape index (κ2) is 3.73. The van der Waals surface area contributed by atoms with Gasteiger partial charge in [0, 0.05) is 12.0 Å². The average Bonchev–Trinajstić information content (AvgIpc) is 2.60. The molecule has 0 unspecified atom stereocenters. The van der Waals surface area contributed by atoms with E-state index < -0.39 is 0 Å². The van der Waals surface area contributed by atoms with Gasteiger partial charge in [0.05, 0.1) is 5.69 Å². The van der Waals surface area contributed by atoms with Gasteiger partial charge in [-0.05, 0) is 12.8 Å². The van der Waals surface area contributed by atoms with Crippen LogP contribution in [0, 0.1) is 6.92 Å². The summed E-state index contributed by atoms with van der Waals surface area (Å²) in [5.74, 6) is 1.42. The second-order valence-electron chi connectivity index (χ2n) is 4.23. The maximum Gasteiger partial charge on any atom is 0.277 e. The third-order valence-electron chi connectivity index (χ3n) is 2.68. The Kier molecular flexibility index (Phi) is 2.53. The van der Waals surface area contributed by atoms with Crippen molar-refractivity contribution in [1.29, 1.82) is 0 Å². The van der Waals surface area contributed by atoms with E-state index in [4.69, 9.17) is 0 Å². The van der Waals surface area contributed by atoms with Crippen molar-refractivity contribution >= 4 is 5.78 Å². The van der Waals surface area contributed by atoms with Gasteiger partial charge in [-0.2, -0.15) is 9.50 Å². The highest BCUT2D eigenvalue weighted by Gasteiger charge is 2.14. The number of nitrogens with one attached hydrogen (secondary N) is 1. The predicted octanol–water partition coefficient (Wildman–Crippen LogP) is 1.41. The number of rotatable bonds is 2. The first-order valence-electron chi connectivity index (χ1n) is 5.52. The number of nitrogens with zero attached hydrogens (tertiary/aromatic N) is 3. The Morgan fingerprint density at radius 3 is 2.62 bits per heavy atom. The lowest BCUT2D eigenvalue weighted by Crippen LogP contribution is -2.22. The van der Waals surface area contributed by atoms with Crippen LogP contribution in [0.25, 0.3) is 5.78 Å². The van der Waals surface area contributed by atoms with Crippen LogP contribution in [0.3, 0.4) is 0 Å². The molecule has 0 atom stereocenters. The van der Waals surface area contributed by atoms with Gasteiger partial charge in [-0.15, -0.1) is 0 Å². The number of fused-ring (bicyclic) bond motifs is 1. The van der Waals surface area contributed by atoms with E-state index in [2.05, 4.69) is 15.1 Å². The lowest BCUT2D eigenvalue weighted by molar-refractivity contribution is 0.771. The Hall–Kier alpha value is -1.65. The molecule has 0 saturated carbocycles. The van der Waals surface area contributed by atoms with Crippen molar-refractivity contribution in [2.75, 3.05) is 0 Å². The van der Waals surface area contributed by atoms with Crippen LogP contribution in [0.15, 0.2) is 4.79 Å². The van der Waals surface area contributed by atoms with E-state index in [1.165, 1.54) is 4.52 Å². The molecule has 0 aliphatic heterocycles. The van der Waals surface area contributed by atoms with Crippen LogP contribution in [0.5, 0.6) is 0 Å². The fraction of sp³-hybridized carbons (Fsp3) is 0.545. The van der Waals surface area contributed by atoms with Gasteiger partial charge >= 0.3 is 0 Å². The summed E-state index contributed by atoms with van der Waals surface area (Å²) in [5.41, 5.74) is 1.49. The summed E-state index contributed by atoms with van der Waals surface area (Å²) in [6.45, 7) is 7.83. The Morgan fingerprint density at radius 2 is 2.06 bits per heavy atom. The highest BCUT2D eigenvalue weighted by atomic mass is 16.1. The van der Waals surface area contributed by atoms with Crippen LogP contribution in [-0.4, -0.2) is 19.6 Å². The molecule has 0 bridgehead atoms. The standard InChI is InChI=1S/C11H16N4O/c1-5-8-13-11-12-7(4)9(6(2)3)10(16)15(11)14-8/h6H,5H2,1-4H3,(H,12,13,14). The van der Waals surface area contributed by atoms with Crippen molar-refractivity contribution in [2.45, 2.75) is 40.0 Å². The molecule has 0 aliphatic rings. The minimum atomic E-state index is -0.0373. The molecule has 5 nitrogen and oxygen atoms in total. The molecule has 2 aromatic heterocycles. The van der Waals surface area contributed by atoms with Gasteiger partial charge in [0.15, 0.2) is 0 Å². The topological polar surface area (TPSA) is 63.1 Å². The zero-order valence-corrected chi connectivity index (χ0v) is 10.0. The van der Waals surface area contributed by atoms with E-state index >= 15 is 0 Å². The van der Waals surface area contributed by atoms with Crippen LogP contribution in [0.2, 0.25) is 0 Å². The molecule has 2 heterocycles. The van der Waals surface area contributed by atoms with Crippen molar-refractivity contribution in [1.82, 2.24) is 19.6 Å². The number of aromatic nitrogens is 4. The molecule has 0 saturated heterocycles. The molecule has 0 fully saturated rings. The third kappa shape index (κ3) is 1.52. The van der Waals surface area contributed by atoms with Gasteiger partial charge < -0.3 is 0 Å². The number of aromatic amines is 1. The van der Waals surface area contributed by atoms with Gasteiger partial charge in [-0.25, -0.2) is 4.98 Å². The van der Waals surface area contributed by atoms with Gasteiger partial charge in [-0.3, -0.25) is 9.89 Å². The Bertz CT molecular complexity index is 579. The summed E-state index contributed by atoms with van der Waals surface area (Å²) in [6.07, 6.45) is 0.763. The molecule has 1 N–H and O–H groups in total. The second-order valence-corrected chi connectivity index (χ2v) is 4.23. The molecule has 0 aromatic carbocycles. The molecule has 0 aliphatic carbocycles. The van der Waals surface area contributed by atoms with E-state index in [1.54, 1.807) is 0 Å². The third-order valence-corrected chi connectivity index (χ3v) is 2.68. The highest BCUT2D eigenvalue weighted by molar-refractivity contribution is 5.33. The van der Waals surface area contributed by atoms with Crippen LogP contribution in [0.4, 0.5) is 0 Å². The van der Waals surface area contributed by atoms with Gasteiger partial charge in [-0.1, -0.05) is 20.8 Å². The normalized spacial score (nSPS) is 11.6. The summed E-state index contributed by atoms with van der Waals surface area (Å²) in [7, 11) is 0. The van der Waals surface area contributed by atoms with E-state index in [1.807, 2.05) is 27.7 Å². The molecule has 0 amide bonds. The van der Waals surface area contributed by atoms with Crippen LogP contribution < -0.4 is 5.56 Å². The fourth-order valence-electron chi connectivity index (χ4n) is 1.90. The zero-order chi connectivity index (χ0) is 11.9. The molecule has 5 heteroatoms. The van der Waals surface area contributed by atoms with Gasteiger partial charge in [0.1, 0.15) is 5.82 Å². The van der Waals surface area contributed by atoms with Gasteiger partial charge in [0.25, 0.3) is 11.3 Å². The molecule has 86 valence electrons. The van der Waals surface area contributed by atoms with Crippen molar-refractivity contribution in [2.24, 2.45) is 0 Å². The molecular weight excluding hydrogens is 204 g/mol. The largest absolute Gasteiger partial charge is 0.277 e. The Balaban J connectivity index is 2.82. The minimum absolute atomic E-state index is 0.0373. The molecule has 0 radical (unpaired) electrons. The fourth-order valence-corrected chi connectivity index (χ4v) is 1.90. The monoisotopic (exact) mass is 220 g/mol. The molecule has 0 spiro atoms. The molecule has 2 aromatic rings. The number of hydrogen-bond donors (Lipinski definition) is 1. The quantitative estimate of drug-likeness (QED) is 0.832. The summed E-state index contributed by atoms with van der Waals surface area (Å²) in [6, 6.07) is 0. The van der Waals surface area contributed by atoms with E-state index in [0.717, 1.165) is 23.5 Å². The SMILES string of the molecule is CCc1nc2nc(C)c(C(C)C)c(=O)n2[nH]1. The van der Waals surface area contributed by atoms with Crippen LogP contribution >= 0.6 is 0 Å². The van der Waals surface area contributed by atoms with Crippen LogP contribution in [-0.2, 0) is 6.42 Å². The summed E-state index contributed by atoms with van der Waals surface area (Å²) >= 11 is 0. The average molecular weight is 220 g/mol. The zero-order valence-electron chi connectivity index (χ0n) is 10.0. The number of aryl methyl sites for hydroxylation is 2. The first-order valence-corrected chi connectivity index (χ1v) is 5.52. The van der Waals surface area contributed by atoms with Gasteiger partial charge in [0.2, 0.25) is 0 Å². The van der Waals surface area contributed by atoms with E-state index in [-0.39, 0.29) is 11.5 Å². The van der Waals surface area contributed by atoms with E-state index in [0.29, 0.717) is 5.78 Å². The smallest absolute Gasteiger partial charge is 0.275 e. The predicted molar refractivity (Wildman–Crippen MR) is 61.8 cm³/mol. The van der Waals surface area contributed by atoms with Crippen molar-refractivity contribution in [3.05, 3.63) is 27.4 Å². The van der Waals surface area contributed by atoms with Crippen molar-refractivity contribution in [3.63, 3.8) is 0 Å². The lowest BCUT2D eigenvalue weighted by atomic mass is 10.0. The minimum Gasteiger partial charge on any atom is -0.275 e. The first-order chi connectivity index (χ1) is 7.54. The van der Waals surface area contributed by atoms with Crippen LogP contribution in [0.1, 0.15) is 43.8 Å².